The fourth-order valence-corrected chi connectivity index (χ4v) is 1.68. The zero-order valence-corrected chi connectivity index (χ0v) is 10.7. The molecule has 2 rings (SSSR count). The minimum atomic E-state index is -4.56. The second kappa shape index (κ2) is 4.99. The first-order chi connectivity index (χ1) is 9.26. The van der Waals surface area contributed by atoms with Crippen molar-refractivity contribution < 1.29 is 22.7 Å². The number of carbonyl (C=O) groups is 1. The summed E-state index contributed by atoms with van der Waals surface area (Å²) in [6.45, 7) is 0.121. The number of hydrogen-bond acceptors (Lipinski definition) is 4. The molecule has 0 saturated heterocycles. The van der Waals surface area contributed by atoms with Crippen LogP contribution in [0.3, 0.4) is 0 Å². The molecule has 0 spiro atoms. The molecule has 108 valence electrons. The summed E-state index contributed by atoms with van der Waals surface area (Å²) in [4.78, 5) is 15.3. The molecule has 0 bridgehead atoms. The summed E-state index contributed by atoms with van der Waals surface area (Å²) >= 11 is 0. The van der Waals surface area contributed by atoms with Gasteiger partial charge in [-0.05, 0) is 13.0 Å². The Hall–Kier alpha value is -2.32. The number of nitrogens with zero attached hydrogens (tertiary/aromatic N) is 3. The van der Waals surface area contributed by atoms with Gasteiger partial charge in [0.1, 0.15) is 0 Å². The average Bonchev–Trinajstić information content (AvgIpc) is 2.62. The van der Waals surface area contributed by atoms with Gasteiger partial charge in [-0.3, -0.25) is 10.00 Å². The number of alkyl halides is 3. The van der Waals surface area contributed by atoms with E-state index in [1.54, 1.807) is 24.7 Å². The second-order valence-electron chi connectivity index (χ2n) is 4.12. The van der Waals surface area contributed by atoms with Crippen molar-refractivity contribution in [3.63, 3.8) is 0 Å². The van der Waals surface area contributed by atoms with Crippen molar-refractivity contribution in [2.75, 3.05) is 11.9 Å². The SMILES string of the molecule is Cc1nn(C)c2ncc(NC(=O)OCC(F)(F)F)cc12. The monoisotopic (exact) mass is 288 g/mol. The maximum absolute atomic E-state index is 11.9. The lowest BCUT2D eigenvalue weighted by Crippen LogP contribution is -2.23. The van der Waals surface area contributed by atoms with Crippen LogP contribution in [-0.4, -0.2) is 33.6 Å². The van der Waals surface area contributed by atoms with Gasteiger partial charge in [0.25, 0.3) is 0 Å². The number of aryl methyl sites for hydroxylation is 2. The van der Waals surface area contributed by atoms with Crippen LogP contribution in [0.25, 0.3) is 11.0 Å². The Morgan fingerprint density at radius 1 is 1.50 bits per heavy atom. The molecule has 0 unspecified atom stereocenters. The molecule has 9 heteroatoms. The summed E-state index contributed by atoms with van der Waals surface area (Å²) in [5.41, 5.74) is 1.54. The van der Waals surface area contributed by atoms with Crippen LogP contribution in [0.15, 0.2) is 12.3 Å². The van der Waals surface area contributed by atoms with Crippen LogP contribution in [0.1, 0.15) is 5.69 Å². The smallest absolute Gasteiger partial charge is 0.422 e. The molecular weight excluding hydrogens is 277 g/mol. The first-order valence-corrected chi connectivity index (χ1v) is 5.56. The summed E-state index contributed by atoms with van der Waals surface area (Å²) in [5.74, 6) is 0. The summed E-state index contributed by atoms with van der Waals surface area (Å²) in [6.07, 6.45) is -4.43. The number of rotatable bonds is 2. The third-order valence-corrected chi connectivity index (χ3v) is 2.48. The van der Waals surface area contributed by atoms with Crippen molar-refractivity contribution in [1.29, 1.82) is 0 Å². The lowest BCUT2D eigenvalue weighted by atomic mass is 10.2. The first kappa shape index (κ1) is 14.1. The zero-order chi connectivity index (χ0) is 14.9. The fourth-order valence-electron chi connectivity index (χ4n) is 1.68. The van der Waals surface area contributed by atoms with Crippen LogP contribution in [0.5, 0.6) is 0 Å². The quantitative estimate of drug-likeness (QED) is 0.921. The number of aromatic nitrogens is 3. The van der Waals surface area contributed by atoms with E-state index in [2.05, 4.69) is 20.1 Å². The minimum Gasteiger partial charge on any atom is -0.440 e. The number of anilines is 1. The number of carbonyl (C=O) groups excluding carboxylic acids is 1. The van der Waals surface area contributed by atoms with E-state index in [-0.39, 0.29) is 5.69 Å². The molecule has 0 aliphatic carbocycles. The number of fused-ring (bicyclic) bond motifs is 1. The Balaban J connectivity index is 2.10. The van der Waals surface area contributed by atoms with Gasteiger partial charge in [0.15, 0.2) is 12.3 Å². The summed E-state index contributed by atoms with van der Waals surface area (Å²) in [6, 6.07) is 1.57. The Labute approximate surface area is 111 Å². The molecule has 0 aliphatic rings. The van der Waals surface area contributed by atoms with E-state index in [1.807, 2.05) is 0 Å². The summed E-state index contributed by atoms with van der Waals surface area (Å²) in [5, 5.41) is 7.02. The molecule has 0 radical (unpaired) electrons. The fraction of sp³-hybridized carbons (Fsp3) is 0.364. The number of halogens is 3. The largest absolute Gasteiger partial charge is 0.440 e. The Bertz CT molecular complexity index is 651. The highest BCUT2D eigenvalue weighted by atomic mass is 19.4. The third-order valence-electron chi connectivity index (χ3n) is 2.48. The van der Waals surface area contributed by atoms with Crippen molar-refractivity contribution in [2.24, 2.45) is 7.05 Å². The summed E-state index contributed by atoms with van der Waals surface area (Å²) < 4.78 is 41.3. The molecular formula is C11H11F3N4O2. The van der Waals surface area contributed by atoms with E-state index >= 15 is 0 Å². The number of amides is 1. The number of pyridine rings is 1. The van der Waals surface area contributed by atoms with Crippen molar-refractivity contribution >= 4 is 22.8 Å². The lowest BCUT2D eigenvalue weighted by molar-refractivity contribution is -0.159. The van der Waals surface area contributed by atoms with Crippen molar-refractivity contribution in [1.82, 2.24) is 14.8 Å². The van der Waals surface area contributed by atoms with Gasteiger partial charge >= 0.3 is 12.3 Å². The van der Waals surface area contributed by atoms with Gasteiger partial charge in [-0.15, -0.1) is 0 Å². The van der Waals surface area contributed by atoms with E-state index in [1.165, 1.54) is 6.20 Å². The molecule has 0 fully saturated rings. The van der Waals surface area contributed by atoms with Crippen molar-refractivity contribution in [3.05, 3.63) is 18.0 Å². The van der Waals surface area contributed by atoms with E-state index in [4.69, 9.17) is 0 Å². The number of ether oxygens (including phenoxy) is 1. The van der Waals surface area contributed by atoms with E-state index < -0.39 is 18.9 Å². The molecule has 2 aromatic heterocycles. The predicted octanol–water partition coefficient (Wildman–Crippen LogP) is 2.39. The number of hydrogen-bond donors (Lipinski definition) is 1. The summed E-state index contributed by atoms with van der Waals surface area (Å²) in [7, 11) is 1.72. The van der Waals surface area contributed by atoms with E-state index in [0.29, 0.717) is 16.7 Å². The van der Waals surface area contributed by atoms with Gasteiger partial charge in [-0.2, -0.15) is 18.3 Å². The Kier molecular flexibility index (Phi) is 3.51. The van der Waals surface area contributed by atoms with E-state index in [9.17, 15) is 18.0 Å². The topological polar surface area (TPSA) is 69.0 Å². The first-order valence-electron chi connectivity index (χ1n) is 5.56. The molecule has 2 heterocycles. The standard InChI is InChI=1S/C11H11F3N4O2/c1-6-8-3-7(4-15-9(8)18(2)17-6)16-10(19)20-5-11(12,13)14/h3-4H,5H2,1-2H3,(H,16,19). The van der Waals surface area contributed by atoms with Gasteiger partial charge in [0.05, 0.1) is 17.6 Å². The second-order valence-corrected chi connectivity index (χ2v) is 4.12. The van der Waals surface area contributed by atoms with Crippen LogP contribution < -0.4 is 5.32 Å². The van der Waals surface area contributed by atoms with Gasteiger partial charge < -0.3 is 4.74 Å². The van der Waals surface area contributed by atoms with Gasteiger partial charge in [-0.1, -0.05) is 0 Å². The van der Waals surface area contributed by atoms with Gasteiger partial charge in [0.2, 0.25) is 0 Å². The number of nitrogens with one attached hydrogen (secondary N) is 1. The lowest BCUT2D eigenvalue weighted by Gasteiger charge is -2.09. The van der Waals surface area contributed by atoms with Crippen LogP contribution >= 0.6 is 0 Å². The van der Waals surface area contributed by atoms with Crippen molar-refractivity contribution in [2.45, 2.75) is 13.1 Å². The Morgan fingerprint density at radius 2 is 2.20 bits per heavy atom. The molecule has 0 aliphatic heterocycles. The predicted molar refractivity (Wildman–Crippen MR) is 64.3 cm³/mol. The molecule has 1 N–H and O–H groups in total. The van der Waals surface area contributed by atoms with Crippen LogP contribution in [-0.2, 0) is 11.8 Å². The molecule has 1 amide bonds. The molecule has 20 heavy (non-hydrogen) atoms. The average molecular weight is 288 g/mol. The third kappa shape index (κ3) is 3.16. The molecule has 2 aromatic rings. The highest BCUT2D eigenvalue weighted by Gasteiger charge is 2.29. The van der Waals surface area contributed by atoms with Crippen LogP contribution in [0.2, 0.25) is 0 Å². The van der Waals surface area contributed by atoms with E-state index in [0.717, 1.165) is 0 Å². The highest BCUT2D eigenvalue weighted by molar-refractivity contribution is 5.89. The Morgan fingerprint density at radius 3 is 2.85 bits per heavy atom. The van der Waals surface area contributed by atoms with Crippen molar-refractivity contribution in [3.8, 4) is 0 Å². The highest BCUT2D eigenvalue weighted by Crippen LogP contribution is 2.20. The molecule has 0 saturated carbocycles. The molecule has 6 nitrogen and oxygen atoms in total. The molecule has 0 aromatic carbocycles. The maximum atomic E-state index is 11.9. The van der Waals surface area contributed by atoms with Gasteiger partial charge in [-0.25, -0.2) is 9.78 Å². The van der Waals surface area contributed by atoms with Crippen LogP contribution in [0.4, 0.5) is 23.7 Å². The normalized spacial score (nSPS) is 11.7. The minimum absolute atomic E-state index is 0.237. The zero-order valence-electron chi connectivity index (χ0n) is 10.7. The molecule has 0 atom stereocenters. The van der Waals surface area contributed by atoms with Crippen LogP contribution in [0, 0.1) is 6.92 Å². The maximum Gasteiger partial charge on any atom is 0.422 e. The van der Waals surface area contributed by atoms with Gasteiger partial charge in [0, 0.05) is 12.4 Å².